The van der Waals surface area contributed by atoms with E-state index in [4.69, 9.17) is 0 Å². The normalized spacial score (nSPS) is 19.7. The summed E-state index contributed by atoms with van der Waals surface area (Å²) in [5, 5.41) is 0. The molecular formula is C30H33F7O. The molecule has 0 amide bonds. The number of halogens is 7. The lowest BCUT2D eigenvalue weighted by Crippen LogP contribution is -2.19. The van der Waals surface area contributed by atoms with Crippen molar-refractivity contribution in [3.8, 4) is 16.9 Å². The molecule has 1 nitrogen and oxygen atoms in total. The van der Waals surface area contributed by atoms with Crippen molar-refractivity contribution in [2.45, 2.75) is 90.3 Å². The van der Waals surface area contributed by atoms with Gasteiger partial charge in [0, 0.05) is 0 Å². The van der Waals surface area contributed by atoms with Crippen molar-refractivity contribution in [2.75, 3.05) is 0 Å². The number of alkyl halides is 3. The second-order valence-corrected chi connectivity index (χ2v) is 10.7. The second-order valence-electron chi connectivity index (χ2n) is 10.7. The topological polar surface area (TPSA) is 9.23 Å². The van der Waals surface area contributed by atoms with Gasteiger partial charge in [0.1, 0.15) is 11.6 Å². The SMILES string of the molecule is CCCCCC1CCC(CCC2=CCc3c(cc(F)c(-c4cc(F)c(OC(F)(F)F)c(F)c4)c3F)C2)CC1. The maximum absolute atomic E-state index is 15.4. The van der Waals surface area contributed by atoms with E-state index in [0.717, 1.165) is 30.4 Å². The summed E-state index contributed by atoms with van der Waals surface area (Å²) in [5.41, 5.74) is 0.632. The molecule has 0 aliphatic heterocycles. The molecule has 2 aliphatic rings. The summed E-state index contributed by atoms with van der Waals surface area (Å²) < 4.78 is 99.4. The molecule has 0 spiro atoms. The second kappa shape index (κ2) is 12.1. The average molecular weight is 543 g/mol. The molecule has 2 aromatic carbocycles. The Balaban J connectivity index is 1.41. The monoisotopic (exact) mass is 542 g/mol. The van der Waals surface area contributed by atoms with Crippen molar-refractivity contribution in [1.29, 1.82) is 0 Å². The third-order valence-electron chi connectivity index (χ3n) is 7.98. The first-order valence-corrected chi connectivity index (χ1v) is 13.5. The Bertz CT molecular complexity index is 1140. The molecule has 0 unspecified atom stereocenters. The van der Waals surface area contributed by atoms with E-state index in [2.05, 4.69) is 11.7 Å². The molecule has 4 rings (SSSR count). The van der Waals surface area contributed by atoms with Gasteiger partial charge in [0.15, 0.2) is 11.6 Å². The van der Waals surface area contributed by atoms with Crippen molar-refractivity contribution in [2.24, 2.45) is 11.8 Å². The van der Waals surface area contributed by atoms with Crippen LogP contribution in [0.1, 0.15) is 82.3 Å². The summed E-state index contributed by atoms with van der Waals surface area (Å²) in [4.78, 5) is 0. The minimum Gasteiger partial charge on any atom is -0.399 e. The van der Waals surface area contributed by atoms with Gasteiger partial charge in [0.05, 0.1) is 5.56 Å². The molecule has 1 saturated carbocycles. The summed E-state index contributed by atoms with van der Waals surface area (Å²) in [6.45, 7) is 2.22. The van der Waals surface area contributed by atoms with E-state index in [1.807, 2.05) is 6.08 Å². The molecule has 2 aromatic rings. The standard InChI is InChI=1S/C30H33F7O/c1-2-3-4-5-18-6-8-19(9-7-18)10-11-20-12-13-23-21(14-20)15-24(31)27(28(23)34)22-16-25(32)29(26(33)17-22)38-30(35,36)37/h12,15-19H,2-11,13-14H2,1H3. The first kappa shape index (κ1) is 28.5. The zero-order valence-electron chi connectivity index (χ0n) is 21.5. The number of unbranched alkanes of at least 4 members (excludes halogenated alkanes) is 2. The number of ether oxygens (including phenoxy) is 1. The molecule has 0 radical (unpaired) electrons. The Morgan fingerprint density at radius 1 is 0.842 bits per heavy atom. The molecule has 0 aromatic heterocycles. The summed E-state index contributed by atoms with van der Waals surface area (Å²) in [7, 11) is 0. The highest BCUT2D eigenvalue weighted by atomic mass is 19.4. The molecule has 38 heavy (non-hydrogen) atoms. The van der Waals surface area contributed by atoms with E-state index < -0.39 is 46.5 Å². The van der Waals surface area contributed by atoms with Crippen LogP contribution in [0.15, 0.2) is 29.8 Å². The first-order valence-electron chi connectivity index (χ1n) is 13.5. The van der Waals surface area contributed by atoms with Crippen LogP contribution in [-0.4, -0.2) is 6.36 Å². The fraction of sp³-hybridized carbons (Fsp3) is 0.533. The van der Waals surface area contributed by atoms with Gasteiger partial charge in [0.25, 0.3) is 0 Å². The van der Waals surface area contributed by atoms with Gasteiger partial charge in [-0.25, -0.2) is 17.6 Å². The molecule has 0 N–H and O–H groups in total. The number of allylic oxidation sites excluding steroid dienone is 2. The van der Waals surface area contributed by atoms with E-state index in [0.29, 0.717) is 30.0 Å². The summed E-state index contributed by atoms with van der Waals surface area (Å²) in [6, 6.07) is 2.06. The molecule has 0 bridgehead atoms. The van der Waals surface area contributed by atoms with Gasteiger partial charge in [-0.1, -0.05) is 69.9 Å². The maximum Gasteiger partial charge on any atom is 0.573 e. The van der Waals surface area contributed by atoms with Crippen LogP contribution in [0.25, 0.3) is 11.1 Å². The Morgan fingerprint density at radius 3 is 2.08 bits per heavy atom. The van der Waals surface area contributed by atoms with E-state index >= 15 is 4.39 Å². The molecule has 8 heteroatoms. The highest BCUT2D eigenvalue weighted by Gasteiger charge is 2.34. The minimum absolute atomic E-state index is 0.216. The average Bonchev–Trinajstić information content (AvgIpc) is 2.85. The third-order valence-corrected chi connectivity index (χ3v) is 7.98. The minimum atomic E-state index is -5.32. The van der Waals surface area contributed by atoms with Crippen LogP contribution in [0.4, 0.5) is 30.7 Å². The zero-order chi connectivity index (χ0) is 27.4. The molecular weight excluding hydrogens is 509 g/mol. The molecule has 2 aliphatic carbocycles. The Hall–Kier alpha value is -2.51. The maximum atomic E-state index is 15.4. The van der Waals surface area contributed by atoms with E-state index in [1.165, 1.54) is 51.4 Å². The molecule has 0 saturated heterocycles. The Kier molecular flexibility index (Phi) is 9.09. The van der Waals surface area contributed by atoms with Gasteiger partial charge < -0.3 is 4.74 Å². The fourth-order valence-corrected chi connectivity index (χ4v) is 5.90. The highest BCUT2D eigenvalue weighted by Crippen LogP contribution is 2.39. The van der Waals surface area contributed by atoms with Crippen LogP contribution in [0, 0.1) is 35.1 Å². The van der Waals surface area contributed by atoms with E-state index in [9.17, 15) is 26.3 Å². The Morgan fingerprint density at radius 2 is 1.47 bits per heavy atom. The summed E-state index contributed by atoms with van der Waals surface area (Å²) in [6.07, 6.45) is 9.35. The van der Waals surface area contributed by atoms with Crippen molar-refractivity contribution in [3.63, 3.8) is 0 Å². The quantitative estimate of drug-likeness (QED) is 0.174. The van der Waals surface area contributed by atoms with Crippen LogP contribution in [0.5, 0.6) is 5.75 Å². The van der Waals surface area contributed by atoms with Crippen LogP contribution in [0.2, 0.25) is 0 Å². The van der Waals surface area contributed by atoms with Crippen LogP contribution < -0.4 is 4.74 Å². The van der Waals surface area contributed by atoms with Gasteiger partial charge in [-0.3, -0.25) is 0 Å². The molecule has 0 atom stereocenters. The number of hydrogen-bond donors (Lipinski definition) is 0. The largest absolute Gasteiger partial charge is 0.573 e. The van der Waals surface area contributed by atoms with Gasteiger partial charge in [-0.15, -0.1) is 13.2 Å². The predicted molar refractivity (Wildman–Crippen MR) is 133 cm³/mol. The van der Waals surface area contributed by atoms with Gasteiger partial charge in [-0.05, 0) is 72.4 Å². The van der Waals surface area contributed by atoms with Crippen LogP contribution in [0.3, 0.4) is 0 Å². The first-order chi connectivity index (χ1) is 18.1. The molecule has 0 heterocycles. The Labute approximate surface area is 219 Å². The van der Waals surface area contributed by atoms with Crippen LogP contribution >= 0.6 is 0 Å². The van der Waals surface area contributed by atoms with E-state index in [1.54, 1.807) is 0 Å². The molecule has 208 valence electrons. The van der Waals surface area contributed by atoms with Crippen molar-refractivity contribution >= 4 is 0 Å². The fourth-order valence-electron chi connectivity index (χ4n) is 5.90. The zero-order valence-corrected chi connectivity index (χ0v) is 21.5. The van der Waals surface area contributed by atoms with Gasteiger partial charge >= 0.3 is 6.36 Å². The van der Waals surface area contributed by atoms with Crippen LogP contribution in [-0.2, 0) is 12.8 Å². The number of benzene rings is 2. The smallest absolute Gasteiger partial charge is 0.399 e. The van der Waals surface area contributed by atoms with E-state index in [-0.39, 0.29) is 12.0 Å². The van der Waals surface area contributed by atoms with Crippen molar-refractivity contribution in [1.82, 2.24) is 0 Å². The lowest BCUT2D eigenvalue weighted by Gasteiger charge is -2.29. The van der Waals surface area contributed by atoms with Gasteiger partial charge in [-0.2, -0.15) is 0 Å². The highest BCUT2D eigenvalue weighted by molar-refractivity contribution is 5.68. The third kappa shape index (κ3) is 6.92. The lowest BCUT2D eigenvalue weighted by atomic mass is 9.77. The van der Waals surface area contributed by atoms with Gasteiger partial charge in [0.2, 0.25) is 5.75 Å². The predicted octanol–water partition coefficient (Wildman–Crippen LogP) is 10.0. The van der Waals surface area contributed by atoms with Crippen molar-refractivity contribution < 1.29 is 35.5 Å². The number of fused-ring (bicyclic) bond motifs is 1. The number of rotatable bonds is 9. The lowest BCUT2D eigenvalue weighted by molar-refractivity contribution is -0.276. The van der Waals surface area contributed by atoms with Crippen molar-refractivity contribution in [3.05, 3.63) is 64.2 Å². The summed E-state index contributed by atoms with van der Waals surface area (Å²) >= 11 is 0. The molecule has 1 fully saturated rings. The summed E-state index contributed by atoms with van der Waals surface area (Å²) in [5.74, 6) is -5.54. The number of hydrogen-bond acceptors (Lipinski definition) is 1.